The number of ether oxygens (including phenoxy) is 2. The topological polar surface area (TPSA) is 50.8 Å². The van der Waals surface area contributed by atoms with Crippen molar-refractivity contribution in [2.75, 3.05) is 33.6 Å². The molecule has 3 aromatic carbocycles. The maximum atomic E-state index is 13.7. The van der Waals surface area contributed by atoms with Crippen molar-refractivity contribution >= 4 is 17.7 Å². The van der Waals surface area contributed by atoms with Crippen molar-refractivity contribution in [1.82, 2.24) is 4.90 Å². The van der Waals surface area contributed by atoms with Crippen LogP contribution in [-0.4, -0.2) is 39.1 Å². The van der Waals surface area contributed by atoms with Gasteiger partial charge in [0.1, 0.15) is 17.3 Å². The maximum absolute atomic E-state index is 13.7. The van der Waals surface area contributed by atoms with Gasteiger partial charge in [-0.15, -0.1) is 0 Å². The largest absolute Gasteiger partial charge is 0.497 e. The molecule has 0 bridgehead atoms. The Morgan fingerprint density at radius 2 is 1.73 bits per heavy atom. The van der Waals surface area contributed by atoms with Crippen molar-refractivity contribution in [1.29, 1.82) is 0 Å². The van der Waals surface area contributed by atoms with Crippen molar-refractivity contribution in [3.63, 3.8) is 0 Å². The second-order valence-corrected chi connectivity index (χ2v) is 7.79. The van der Waals surface area contributed by atoms with E-state index in [0.717, 1.165) is 27.8 Å². The number of benzene rings is 3. The van der Waals surface area contributed by atoms with Crippen LogP contribution in [0.1, 0.15) is 27.0 Å². The van der Waals surface area contributed by atoms with Gasteiger partial charge in [0.05, 0.1) is 25.5 Å². The van der Waals surface area contributed by atoms with E-state index < -0.39 is 0 Å². The molecule has 0 fully saturated rings. The van der Waals surface area contributed by atoms with Crippen LogP contribution in [0.15, 0.2) is 55.1 Å². The number of halogens is 1. The summed E-state index contributed by atoms with van der Waals surface area (Å²) >= 11 is 0. The summed E-state index contributed by atoms with van der Waals surface area (Å²) in [6, 6.07) is 13.9. The van der Waals surface area contributed by atoms with E-state index >= 15 is 0 Å². The number of carbonyl (C=O) groups excluding carboxylic acids is 1. The van der Waals surface area contributed by atoms with Crippen LogP contribution < -0.4 is 14.8 Å². The molecule has 0 radical (unpaired) electrons. The molecule has 0 saturated carbocycles. The van der Waals surface area contributed by atoms with Gasteiger partial charge in [0.15, 0.2) is 0 Å². The van der Waals surface area contributed by atoms with Crippen LogP contribution >= 0.6 is 0 Å². The van der Waals surface area contributed by atoms with Crippen LogP contribution in [0.5, 0.6) is 11.5 Å². The fourth-order valence-electron chi connectivity index (χ4n) is 3.87. The summed E-state index contributed by atoms with van der Waals surface area (Å²) < 4.78 is 24.4. The van der Waals surface area contributed by atoms with E-state index in [1.807, 2.05) is 31.2 Å². The van der Waals surface area contributed by atoms with E-state index in [-0.39, 0.29) is 11.7 Å². The van der Waals surface area contributed by atoms with E-state index in [4.69, 9.17) is 9.47 Å². The quantitative estimate of drug-likeness (QED) is 0.475. The Balaban J connectivity index is 2.04. The highest BCUT2D eigenvalue weighted by molar-refractivity contribution is 6.04. The number of aryl methyl sites for hydroxylation is 1. The lowest BCUT2D eigenvalue weighted by Crippen LogP contribution is -2.27. The first-order valence-corrected chi connectivity index (χ1v) is 10.5. The highest BCUT2D eigenvalue weighted by Crippen LogP contribution is 2.36. The smallest absolute Gasteiger partial charge is 0.256 e. The second kappa shape index (κ2) is 10.2. The van der Waals surface area contributed by atoms with Crippen LogP contribution in [0.2, 0.25) is 0 Å². The fraction of sp³-hybridized carbons (Fsp3) is 0.222. The summed E-state index contributed by atoms with van der Waals surface area (Å²) in [5.74, 6) is 0.852. The van der Waals surface area contributed by atoms with Crippen LogP contribution in [-0.2, 0) is 6.54 Å². The van der Waals surface area contributed by atoms with Crippen LogP contribution in [0.25, 0.3) is 17.2 Å². The molecule has 0 aromatic heterocycles. The minimum absolute atomic E-state index is 0.161. The van der Waals surface area contributed by atoms with Crippen LogP contribution in [0, 0.1) is 12.7 Å². The lowest BCUT2D eigenvalue weighted by Gasteiger charge is -2.22. The van der Waals surface area contributed by atoms with Crippen LogP contribution in [0.3, 0.4) is 0 Å². The first-order valence-electron chi connectivity index (χ1n) is 10.5. The Morgan fingerprint density at radius 3 is 2.27 bits per heavy atom. The van der Waals surface area contributed by atoms with Crippen molar-refractivity contribution in [3.05, 3.63) is 83.2 Å². The molecule has 0 aliphatic heterocycles. The van der Waals surface area contributed by atoms with E-state index in [9.17, 15) is 9.18 Å². The molecule has 0 saturated heterocycles. The Labute approximate surface area is 194 Å². The number of amides is 1. The van der Waals surface area contributed by atoms with Gasteiger partial charge in [-0.1, -0.05) is 18.7 Å². The van der Waals surface area contributed by atoms with Gasteiger partial charge in [-0.05, 0) is 65.6 Å². The number of methoxy groups -OCH3 is 2. The second-order valence-electron chi connectivity index (χ2n) is 7.79. The third kappa shape index (κ3) is 5.17. The third-order valence-electron chi connectivity index (χ3n) is 5.53. The average Bonchev–Trinajstić information content (AvgIpc) is 2.82. The lowest BCUT2D eigenvalue weighted by atomic mass is 9.93. The summed E-state index contributed by atoms with van der Waals surface area (Å²) in [6.45, 7) is 6.09. The average molecular weight is 449 g/mol. The molecule has 0 aliphatic carbocycles. The molecule has 6 heteroatoms. The Hall–Kier alpha value is -3.80. The molecule has 3 rings (SSSR count). The monoisotopic (exact) mass is 448 g/mol. The van der Waals surface area contributed by atoms with E-state index in [1.165, 1.54) is 12.1 Å². The van der Waals surface area contributed by atoms with Crippen molar-refractivity contribution in [2.45, 2.75) is 13.5 Å². The molecule has 172 valence electrons. The predicted molar refractivity (Wildman–Crippen MR) is 132 cm³/mol. The Morgan fingerprint density at radius 1 is 1.06 bits per heavy atom. The molecule has 5 nitrogen and oxygen atoms in total. The number of carbonyl (C=O) groups is 1. The number of nitrogens with zero attached hydrogens (tertiary/aromatic N) is 1. The summed E-state index contributed by atoms with van der Waals surface area (Å²) in [4.78, 5) is 15.2. The van der Waals surface area contributed by atoms with Gasteiger partial charge in [-0.2, -0.15) is 0 Å². The molecular weight excluding hydrogens is 419 g/mol. The first-order chi connectivity index (χ1) is 15.8. The maximum Gasteiger partial charge on any atom is 0.256 e. The van der Waals surface area contributed by atoms with Gasteiger partial charge in [-0.3, -0.25) is 4.79 Å². The normalized spacial score (nSPS) is 10.5. The molecular formula is C27H29FN2O3. The first kappa shape index (κ1) is 23.9. The lowest BCUT2D eigenvalue weighted by molar-refractivity contribution is 0.0786. The molecule has 1 N–H and O–H groups in total. The van der Waals surface area contributed by atoms with Gasteiger partial charge in [0, 0.05) is 32.3 Å². The van der Waals surface area contributed by atoms with Crippen molar-refractivity contribution in [2.24, 2.45) is 0 Å². The number of rotatable bonds is 8. The van der Waals surface area contributed by atoms with Gasteiger partial charge in [0.25, 0.3) is 5.91 Å². The van der Waals surface area contributed by atoms with Crippen molar-refractivity contribution < 1.29 is 18.7 Å². The highest BCUT2D eigenvalue weighted by Gasteiger charge is 2.21. The van der Waals surface area contributed by atoms with E-state index in [0.29, 0.717) is 29.3 Å². The summed E-state index contributed by atoms with van der Waals surface area (Å²) in [5.41, 5.74) is 5.30. The fourth-order valence-corrected chi connectivity index (χ4v) is 3.87. The molecule has 0 heterocycles. The molecule has 0 atom stereocenters. The predicted octanol–water partition coefficient (Wildman–Crippen LogP) is 5.78. The summed E-state index contributed by atoms with van der Waals surface area (Å²) in [6.07, 6.45) is 1.70. The minimum atomic E-state index is -0.299. The number of nitrogens with one attached hydrogen (secondary N) is 1. The molecule has 0 unspecified atom stereocenters. The summed E-state index contributed by atoms with van der Waals surface area (Å²) in [5, 5.41) is 3.18. The summed E-state index contributed by atoms with van der Waals surface area (Å²) in [7, 11) is 6.70. The number of anilines is 1. The zero-order valence-electron chi connectivity index (χ0n) is 19.7. The van der Waals surface area contributed by atoms with Gasteiger partial charge in [0.2, 0.25) is 0 Å². The molecule has 3 aromatic rings. The van der Waals surface area contributed by atoms with E-state index in [2.05, 4.69) is 11.9 Å². The van der Waals surface area contributed by atoms with E-state index in [1.54, 1.807) is 51.4 Å². The van der Waals surface area contributed by atoms with Crippen LogP contribution in [0.4, 0.5) is 10.1 Å². The Bertz CT molecular complexity index is 1170. The van der Waals surface area contributed by atoms with Crippen molar-refractivity contribution in [3.8, 4) is 22.6 Å². The molecule has 33 heavy (non-hydrogen) atoms. The van der Waals surface area contributed by atoms with Gasteiger partial charge in [-0.25, -0.2) is 4.39 Å². The van der Waals surface area contributed by atoms with Gasteiger partial charge >= 0.3 is 0 Å². The zero-order chi connectivity index (χ0) is 24.1. The zero-order valence-corrected chi connectivity index (χ0v) is 19.7. The Kier molecular flexibility index (Phi) is 7.38. The SMILES string of the molecule is C=Cc1cc(C(=O)N(C)Cc2cc(OC)cc(OC)c2)c(NC)c(-c2ccc(F)cc2C)c1. The minimum Gasteiger partial charge on any atom is -0.497 e. The molecule has 0 spiro atoms. The number of hydrogen-bond acceptors (Lipinski definition) is 4. The molecule has 0 aliphatic rings. The standard InChI is InChI=1S/C27H29FN2O3/c1-7-18-13-24(23-9-8-20(28)10-17(23)2)26(29-3)25(14-18)27(31)30(4)16-19-11-21(32-5)15-22(12-19)33-6/h7-15,29H,1,16H2,2-6H3. The number of hydrogen-bond donors (Lipinski definition) is 1. The molecule has 1 amide bonds. The highest BCUT2D eigenvalue weighted by atomic mass is 19.1. The third-order valence-corrected chi connectivity index (χ3v) is 5.53. The van der Waals surface area contributed by atoms with Gasteiger partial charge < -0.3 is 19.7 Å².